The van der Waals surface area contributed by atoms with Gasteiger partial charge in [0.2, 0.25) is 5.91 Å². The summed E-state index contributed by atoms with van der Waals surface area (Å²) in [6.07, 6.45) is 1.87. The Morgan fingerprint density at radius 1 is 1.21 bits per heavy atom. The van der Waals surface area contributed by atoms with E-state index < -0.39 is 0 Å². The summed E-state index contributed by atoms with van der Waals surface area (Å²) < 4.78 is 3.22. The molecule has 1 unspecified atom stereocenters. The van der Waals surface area contributed by atoms with Crippen LogP contribution in [0.4, 0.5) is 11.4 Å². The molecule has 0 aliphatic heterocycles. The minimum atomic E-state index is -0.115. The predicted molar refractivity (Wildman–Crippen MR) is 122 cm³/mol. The first kappa shape index (κ1) is 21.3. The van der Waals surface area contributed by atoms with Gasteiger partial charge in [-0.15, -0.1) is 11.3 Å². The molecule has 0 fully saturated rings. The highest BCUT2D eigenvalue weighted by molar-refractivity contribution is 7.97. The molecule has 1 amide bonds. The Morgan fingerprint density at radius 2 is 1.93 bits per heavy atom. The van der Waals surface area contributed by atoms with Gasteiger partial charge in [-0.3, -0.25) is 9.52 Å². The lowest BCUT2D eigenvalue weighted by atomic mass is 10.2. The van der Waals surface area contributed by atoms with Crippen LogP contribution in [0.1, 0.15) is 13.8 Å². The molecule has 2 aromatic carbocycles. The lowest BCUT2D eigenvalue weighted by Crippen LogP contribution is -2.22. The SMILES string of the molecule is CNc1ccc(-c2ncc(-c3ccc(NC(C)=O)cc3SNC(C)CO)s2)cc1. The first-order chi connectivity index (χ1) is 14.0. The van der Waals surface area contributed by atoms with Crippen molar-refractivity contribution >= 4 is 40.6 Å². The summed E-state index contributed by atoms with van der Waals surface area (Å²) in [7, 11) is 1.89. The summed E-state index contributed by atoms with van der Waals surface area (Å²) in [4.78, 5) is 18.0. The van der Waals surface area contributed by atoms with Gasteiger partial charge in [-0.1, -0.05) is 6.07 Å². The highest BCUT2D eigenvalue weighted by Crippen LogP contribution is 2.38. The van der Waals surface area contributed by atoms with Crippen molar-refractivity contribution in [3.63, 3.8) is 0 Å². The molecule has 0 radical (unpaired) electrons. The Kier molecular flexibility index (Phi) is 7.27. The third-order valence-electron chi connectivity index (χ3n) is 4.14. The Labute approximate surface area is 178 Å². The van der Waals surface area contributed by atoms with E-state index in [0.717, 1.165) is 37.3 Å². The highest BCUT2D eigenvalue weighted by Gasteiger charge is 2.13. The van der Waals surface area contributed by atoms with Crippen LogP contribution in [0.2, 0.25) is 0 Å². The van der Waals surface area contributed by atoms with E-state index in [-0.39, 0.29) is 18.6 Å². The average Bonchev–Trinajstić information content (AvgIpc) is 3.21. The molecule has 4 N–H and O–H groups in total. The molecule has 3 rings (SSSR count). The number of rotatable bonds is 8. The number of anilines is 2. The molecule has 0 aliphatic rings. The van der Waals surface area contributed by atoms with Crippen LogP contribution in [0.15, 0.2) is 53.6 Å². The molecule has 29 heavy (non-hydrogen) atoms. The topological polar surface area (TPSA) is 86.3 Å². The minimum Gasteiger partial charge on any atom is -0.395 e. The molecule has 1 aromatic heterocycles. The molecule has 0 saturated heterocycles. The smallest absolute Gasteiger partial charge is 0.221 e. The van der Waals surface area contributed by atoms with Gasteiger partial charge in [0.05, 0.1) is 11.5 Å². The second-order valence-corrected chi connectivity index (χ2v) is 8.46. The third-order valence-corrected chi connectivity index (χ3v) is 6.30. The summed E-state index contributed by atoms with van der Waals surface area (Å²) in [6.45, 7) is 3.44. The number of carbonyl (C=O) groups is 1. The van der Waals surface area contributed by atoms with E-state index in [1.807, 2.05) is 50.5 Å². The van der Waals surface area contributed by atoms with Crippen molar-refractivity contribution in [3.05, 3.63) is 48.7 Å². The van der Waals surface area contributed by atoms with Gasteiger partial charge in [0.25, 0.3) is 0 Å². The van der Waals surface area contributed by atoms with Crippen molar-refractivity contribution in [3.8, 4) is 21.0 Å². The van der Waals surface area contributed by atoms with Gasteiger partial charge >= 0.3 is 0 Å². The zero-order valence-electron chi connectivity index (χ0n) is 16.5. The van der Waals surface area contributed by atoms with Crippen LogP contribution >= 0.6 is 23.3 Å². The van der Waals surface area contributed by atoms with Crippen molar-refractivity contribution in [2.75, 3.05) is 24.3 Å². The number of nitrogens with one attached hydrogen (secondary N) is 3. The molecular weight excluding hydrogens is 404 g/mol. The number of hydrogen-bond acceptors (Lipinski definition) is 7. The van der Waals surface area contributed by atoms with Crippen LogP contribution in [0.5, 0.6) is 0 Å². The van der Waals surface area contributed by atoms with E-state index in [0.29, 0.717) is 0 Å². The number of benzene rings is 2. The van der Waals surface area contributed by atoms with Crippen LogP contribution in [-0.4, -0.2) is 35.7 Å². The second kappa shape index (κ2) is 9.89. The molecule has 0 saturated carbocycles. The first-order valence-electron chi connectivity index (χ1n) is 9.19. The van der Waals surface area contributed by atoms with Crippen LogP contribution in [0.25, 0.3) is 21.0 Å². The number of aliphatic hydroxyl groups excluding tert-OH is 1. The fourth-order valence-corrected chi connectivity index (χ4v) is 4.51. The Hall–Kier alpha value is -2.39. The molecule has 1 atom stereocenters. The predicted octanol–water partition coefficient (Wildman–Crippen LogP) is 4.45. The van der Waals surface area contributed by atoms with E-state index >= 15 is 0 Å². The molecule has 0 bridgehead atoms. The minimum absolute atomic E-state index is 0.0427. The summed E-state index contributed by atoms with van der Waals surface area (Å²) >= 11 is 3.05. The van der Waals surface area contributed by atoms with Gasteiger partial charge in [0.15, 0.2) is 0 Å². The maximum Gasteiger partial charge on any atom is 0.221 e. The maximum atomic E-state index is 11.4. The van der Waals surface area contributed by atoms with E-state index in [2.05, 4.69) is 32.5 Å². The molecule has 8 heteroatoms. The number of thiazole rings is 1. The molecule has 0 aliphatic carbocycles. The van der Waals surface area contributed by atoms with E-state index in [1.165, 1.54) is 18.9 Å². The van der Waals surface area contributed by atoms with Crippen molar-refractivity contribution in [1.29, 1.82) is 0 Å². The van der Waals surface area contributed by atoms with E-state index in [1.54, 1.807) is 11.3 Å². The average molecular weight is 429 g/mol. The van der Waals surface area contributed by atoms with Gasteiger partial charge < -0.3 is 15.7 Å². The quantitative estimate of drug-likeness (QED) is 0.397. The van der Waals surface area contributed by atoms with Gasteiger partial charge in [-0.05, 0) is 55.3 Å². The highest BCUT2D eigenvalue weighted by atomic mass is 32.2. The number of aromatic nitrogens is 1. The molecule has 152 valence electrons. The fourth-order valence-electron chi connectivity index (χ4n) is 2.60. The number of hydrogen-bond donors (Lipinski definition) is 4. The van der Waals surface area contributed by atoms with Crippen molar-refractivity contribution in [1.82, 2.24) is 9.71 Å². The first-order valence-corrected chi connectivity index (χ1v) is 10.8. The summed E-state index contributed by atoms with van der Waals surface area (Å²) in [6, 6.07) is 13.9. The van der Waals surface area contributed by atoms with E-state index in [4.69, 9.17) is 0 Å². The van der Waals surface area contributed by atoms with Crippen LogP contribution in [0.3, 0.4) is 0 Å². The molecule has 1 heterocycles. The fraction of sp³-hybridized carbons (Fsp3) is 0.238. The number of aliphatic hydroxyl groups is 1. The Balaban J connectivity index is 1.91. The van der Waals surface area contributed by atoms with Crippen molar-refractivity contribution < 1.29 is 9.90 Å². The zero-order valence-corrected chi connectivity index (χ0v) is 18.2. The van der Waals surface area contributed by atoms with Crippen LogP contribution < -0.4 is 15.4 Å². The van der Waals surface area contributed by atoms with Gasteiger partial charge in [0, 0.05) is 53.6 Å². The molecular formula is C21H24N4O2S2. The normalized spacial score (nSPS) is 11.9. The van der Waals surface area contributed by atoms with Gasteiger partial charge in [-0.2, -0.15) is 0 Å². The lowest BCUT2D eigenvalue weighted by molar-refractivity contribution is -0.114. The third kappa shape index (κ3) is 5.57. The van der Waals surface area contributed by atoms with Gasteiger partial charge in [0.1, 0.15) is 5.01 Å². The number of amides is 1. The van der Waals surface area contributed by atoms with Crippen molar-refractivity contribution in [2.24, 2.45) is 0 Å². The van der Waals surface area contributed by atoms with Crippen molar-refractivity contribution in [2.45, 2.75) is 24.8 Å². The Morgan fingerprint density at radius 3 is 2.59 bits per heavy atom. The van der Waals surface area contributed by atoms with Crippen LogP contribution in [0, 0.1) is 0 Å². The van der Waals surface area contributed by atoms with Crippen LogP contribution in [-0.2, 0) is 4.79 Å². The summed E-state index contributed by atoms with van der Waals surface area (Å²) in [5, 5.41) is 16.2. The zero-order chi connectivity index (χ0) is 20.8. The van der Waals surface area contributed by atoms with Gasteiger partial charge in [-0.25, -0.2) is 4.98 Å². The molecule has 3 aromatic rings. The monoisotopic (exact) mass is 428 g/mol. The second-order valence-electron chi connectivity index (χ2n) is 6.55. The number of carbonyl (C=O) groups excluding carboxylic acids is 1. The largest absolute Gasteiger partial charge is 0.395 e. The summed E-state index contributed by atoms with van der Waals surface area (Å²) in [5.74, 6) is -0.115. The molecule has 0 spiro atoms. The lowest BCUT2D eigenvalue weighted by Gasteiger charge is -2.14. The molecule has 6 nitrogen and oxygen atoms in total. The number of nitrogens with zero attached hydrogens (tertiary/aromatic N) is 1. The maximum absolute atomic E-state index is 11.4. The Bertz CT molecular complexity index is 973. The van der Waals surface area contributed by atoms with E-state index in [9.17, 15) is 9.90 Å². The summed E-state index contributed by atoms with van der Waals surface area (Å²) in [5.41, 5.74) is 3.88. The standard InChI is InChI=1S/C21H24N4O2S2/c1-13(12-26)25-29-19-10-17(24-14(2)27)8-9-18(19)20-11-23-21(28-20)15-4-6-16(22-3)7-5-15/h4-11,13,22,25-26H,12H2,1-3H3,(H,24,27).